The van der Waals surface area contributed by atoms with Crippen molar-refractivity contribution in [3.63, 3.8) is 0 Å². The van der Waals surface area contributed by atoms with Gasteiger partial charge in [-0.3, -0.25) is 9.69 Å². The number of para-hydroxylation sites is 1. The quantitative estimate of drug-likeness (QED) is 0.774. The third-order valence-electron chi connectivity index (χ3n) is 3.84. The van der Waals surface area contributed by atoms with E-state index in [9.17, 15) is 4.79 Å². The molecule has 1 N–H and O–H groups in total. The Kier molecular flexibility index (Phi) is 5.56. The fraction of sp³-hybridized carbons (Fsp3) is 0.562. The minimum atomic E-state index is 0.0322. The smallest absolute Gasteiger partial charge is 0.163 e. The van der Waals surface area contributed by atoms with Crippen LogP contribution in [0, 0.1) is 5.92 Å². The van der Waals surface area contributed by atoms with Crippen molar-refractivity contribution in [2.24, 2.45) is 5.92 Å². The second-order valence-electron chi connectivity index (χ2n) is 5.37. The summed E-state index contributed by atoms with van der Waals surface area (Å²) in [4.78, 5) is 13.8. The van der Waals surface area contributed by atoms with E-state index in [0.29, 0.717) is 23.8 Å². The number of Topliss-reactive ketones (excluding diaryl/α,β-unsaturated/α-hetero) is 1. The number of nitrogens with zero attached hydrogens (tertiary/aromatic N) is 1. The van der Waals surface area contributed by atoms with E-state index >= 15 is 0 Å². The van der Waals surface area contributed by atoms with Crippen LogP contribution in [0.2, 0.25) is 0 Å². The van der Waals surface area contributed by atoms with Crippen molar-refractivity contribution in [3.05, 3.63) is 29.8 Å². The summed E-state index contributed by atoms with van der Waals surface area (Å²) in [6.07, 6.45) is 2.05. The number of carbonyl (C=O) groups excluding carboxylic acids is 1. The Morgan fingerprint density at radius 1 is 1.45 bits per heavy atom. The van der Waals surface area contributed by atoms with Crippen molar-refractivity contribution in [1.82, 2.24) is 4.90 Å². The van der Waals surface area contributed by atoms with Crippen LogP contribution in [-0.2, 0) is 0 Å². The van der Waals surface area contributed by atoms with E-state index in [1.165, 1.54) is 0 Å². The molecule has 1 heterocycles. The van der Waals surface area contributed by atoms with Gasteiger partial charge < -0.3 is 9.84 Å². The highest BCUT2D eigenvalue weighted by atomic mass is 16.5. The van der Waals surface area contributed by atoms with Gasteiger partial charge in [-0.25, -0.2) is 0 Å². The molecule has 4 heteroatoms. The number of rotatable bonds is 7. The van der Waals surface area contributed by atoms with Crippen LogP contribution in [0.15, 0.2) is 24.3 Å². The molecule has 1 aliphatic heterocycles. The third kappa shape index (κ3) is 4.05. The summed E-state index contributed by atoms with van der Waals surface area (Å²) in [5.41, 5.74) is 0.645. The summed E-state index contributed by atoms with van der Waals surface area (Å²) in [5.74, 6) is 1.32. The molecule has 2 rings (SSSR count). The van der Waals surface area contributed by atoms with Gasteiger partial charge in [0, 0.05) is 19.7 Å². The summed E-state index contributed by atoms with van der Waals surface area (Å²) in [5, 5.41) is 8.95. The Balaban J connectivity index is 1.78. The van der Waals surface area contributed by atoms with E-state index in [1.54, 1.807) is 13.0 Å². The zero-order valence-corrected chi connectivity index (χ0v) is 12.0. The summed E-state index contributed by atoms with van der Waals surface area (Å²) in [6.45, 7) is 5.41. The first-order valence-corrected chi connectivity index (χ1v) is 7.26. The molecule has 0 amide bonds. The van der Waals surface area contributed by atoms with Crippen LogP contribution < -0.4 is 4.74 Å². The summed E-state index contributed by atoms with van der Waals surface area (Å²) >= 11 is 0. The number of benzene rings is 1. The molecule has 1 aromatic carbocycles. The average molecular weight is 277 g/mol. The average Bonchev–Trinajstić information content (AvgIpc) is 2.87. The van der Waals surface area contributed by atoms with Gasteiger partial charge in [-0.1, -0.05) is 12.1 Å². The van der Waals surface area contributed by atoms with Gasteiger partial charge in [-0.05, 0) is 44.4 Å². The molecule has 0 spiro atoms. The fourth-order valence-electron chi connectivity index (χ4n) is 2.70. The highest BCUT2D eigenvalue weighted by Gasteiger charge is 2.21. The number of aliphatic hydroxyl groups is 1. The van der Waals surface area contributed by atoms with Gasteiger partial charge in [0.2, 0.25) is 0 Å². The highest BCUT2D eigenvalue weighted by Crippen LogP contribution is 2.20. The van der Waals surface area contributed by atoms with E-state index < -0.39 is 0 Å². The molecule has 0 aromatic heterocycles. The van der Waals surface area contributed by atoms with Crippen LogP contribution in [0.3, 0.4) is 0 Å². The standard InChI is InChI=1S/C16H23NO3/c1-13(19)15-4-2-3-5-16(15)20-11-9-17-8-6-14(12-17)7-10-18/h2-5,14,18H,6-12H2,1H3. The maximum absolute atomic E-state index is 11.5. The zero-order valence-electron chi connectivity index (χ0n) is 12.0. The number of likely N-dealkylation sites (tertiary alicyclic amines) is 1. The van der Waals surface area contributed by atoms with Crippen LogP contribution in [0.5, 0.6) is 5.75 Å². The molecule has 1 aliphatic rings. The van der Waals surface area contributed by atoms with E-state index in [2.05, 4.69) is 4.90 Å². The lowest BCUT2D eigenvalue weighted by atomic mass is 10.1. The van der Waals surface area contributed by atoms with Gasteiger partial charge in [0.1, 0.15) is 12.4 Å². The maximum Gasteiger partial charge on any atom is 0.163 e. The van der Waals surface area contributed by atoms with Crippen LogP contribution >= 0.6 is 0 Å². The number of ketones is 1. The van der Waals surface area contributed by atoms with Crippen LogP contribution in [0.4, 0.5) is 0 Å². The number of aliphatic hydroxyl groups excluding tert-OH is 1. The summed E-state index contributed by atoms with van der Waals surface area (Å²) in [6, 6.07) is 7.37. The molecule has 1 aromatic rings. The zero-order chi connectivity index (χ0) is 14.4. The van der Waals surface area contributed by atoms with Crippen LogP contribution in [0.1, 0.15) is 30.1 Å². The maximum atomic E-state index is 11.5. The molecule has 1 atom stereocenters. The van der Waals surface area contributed by atoms with Crippen LogP contribution in [0.25, 0.3) is 0 Å². The molecule has 1 saturated heterocycles. The van der Waals surface area contributed by atoms with Crippen molar-refractivity contribution in [2.45, 2.75) is 19.8 Å². The number of ether oxygens (including phenoxy) is 1. The molecule has 4 nitrogen and oxygen atoms in total. The Morgan fingerprint density at radius 2 is 2.25 bits per heavy atom. The first-order valence-electron chi connectivity index (χ1n) is 7.26. The van der Waals surface area contributed by atoms with Crippen molar-refractivity contribution in [2.75, 3.05) is 32.8 Å². The second kappa shape index (κ2) is 7.41. The lowest BCUT2D eigenvalue weighted by Crippen LogP contribution is -2.26. The van der Waals surface area contributed by atoms with Gasteiger partial charge in [0.25, 0.3) is 0 Å². The molecule has 1 fully saturated rings. The normalized spacial score (nSPS) is 19.2. The molecular weight excluding hydrogens is 254 g/mol. The molecule has 110 valence electrons. The first kappa shape index (κ1) is 15.0. The highest BCUT2D eigenvalue weighted by molar-refractivity contribution is 5.96. The fourth-order valence-corrected chi connectivity index (χ4v) is 2.70. The summed E-state index contributed by atoms with van der Waals surface area (Å²) < 4.78 is 5.74. The molecule has 0 aliphatic carbocycles. The molecule has 0 radical (unpaired) electrons. The Bertz CT molecular complexity index is 447. The van der Waals surface area contributed by atoms with Gasteiger partial charge in [-0.2, -0.15) is 0 Å². The first-order chi connectivity index (χ1) is 9.70. The van der Waals surface area contributed by atoms with Crippen molar-refractivity contribution in [3.8, 4) is 5.75 Å². The predicted molar refractivity (Wildman–Crippen MR) is 78.2 cm³/mol. The lowest BCUT2D eigenvalue weighted by molar-refractivity contribution is 0.101. The van der Waals surface area contributed by atoms with Gasteiger partial charge in [0.05, 0.1) is 5.56 Å². The monoisotopic (exact) mass is 277 g/mol. The van der Waals surface area contributed by atoms with Gasteiger partial charge >= 0.3 is 0 Å². The second-order valence-corrected chi connectivity index (χ2v) is 5.37. The Hall–Kier alpha value is -1.39. The van der Waals surface area contributed by atoms with Crippen molar-refractivity contribution < 1.29 is 14.6 Å². The van der Waals surface area contributed by atoms with Gasteiger partial charge in [0.15, 0.2) is 5.78 Å². The van der Waals surface area contributed by atoms with E-state index in [4.69, 9.17) is 9.84 Å². The van der Waals surface area contributed by atoms with E-state index in [1.807, 2.05) is 18.2 Å². The van der Waals surface area contributed by atoms with E-state index in [-0.39, 0.29) is 12.4 Å². The lowest BCUT2D eigenvalue weighted by Gasteiger charge is -2.17. The van der Waals surface area contributed by atoms with Crippen molar-refractivity contribution in [1.29, 1.82) is 0 Å². The Morgan fingerprint density at radius 3 is 3.00 bits per heavy atom. The third-order valence-corrected chi connectivity index (χ3v) is 3.84. The minimum Gasteiger partial charge on any atom is -0.491 e. The largest absolute Gasteiger partial charge is 0.491 e. The van der Waals surface area contributed by atoms with Gasteiger partial charge in [-0.15, -0.1) is 0 Å². The molecular formula is C16H23NO3. The molecule has 0 bridgehead atoms. The minimum absolute atomic E-state index is 0.0322. The van der Waals surface area contributed by atoms with E-state index in [0.717, 1.165) is 32.5 Å². The van der Waals surface area contributed by atoms with Crippen LogP contribution in [-0.4, -0.2) is 48.6 Å². The summed E-state index contributed by atoms with van der Waals surface area (Å²) in [7, 11) is 0. The molecule has 0 saturated carbocycles. The Labute approximate surface area is 120 Å². The number of hydrogen-bond donors (Lipinski definition) is 1. The topological polar surface area (TPSA) is 49.8 Å². The SMILES string of the molecule is CC(=O)c1ccccc1OCCN1CCC(CCO)C1. The number of carbonyl (C=O) groups is 1. The van der Waals surface area contributed by atoms with Crippen molar-refractivity contribution >= 4 is 5.78 Å². The predicted octanol–water partition coefficient (Wildman–Crippen LogP) is 1.97. The molecule has 1 unspecified atom stereocenters. The molecule has 20 heavy (non-hydrogen) atoms. The number of hydrogen-bond acceptors (Lipinski definition) is 4.